The summed E-state index contributed by atoms with van der Waals surface area (Å²) in [4.78, 5) is 28.2. The van der Waals surface area contributed by atoms with Gasteiger partial charge in [-0.25, -0.2) is 9.59 Å². The molecule has 5 rings (SSSR count). The fourth-order valence-corrected chi connectivity index (χ4v) is 5.06. The summed E-state index contributed by atoms with van der Waals surface area (Å²) in [6.07, 6.45) is 3.46. The van der Waals surface area contributed by atoms with Crippen LogP contribution in [0.15, 0.2) is 0 Å². The Morgan fingerprint density at radius 2 is 1.84 bits per heavy atom. The second-order valence-electron chi connectivity index (χ2n) is 9.52. The van der Waals surface area contributed by atoms with Gasteiger partial charge < -0.3 is 19.5 Å². The number of ether oxygens (including phenoxy) is 2. The second kappa shape index (κ2) is 5.02. The minimum Gasteiger partial charge on any atom is -0.444 e. The number of piperidine rings is 1. The highest BCUT2D eigenvalue weighted by molar-refractivity contribution is 5.73. The number of aliphatic hydroxyl groups excluding tert-OH is 1. The van der Waals surface area contributed by atoms with E-state index in [9.17, 15) is 14.7 Å². The smallest absolute Gasteiger partial charge is 0.410 e. The molecule has 2 saturated heterocycles. The topological polar surface area (TPSA) is 79.3 Å². The number of hydrogen-bond acceptors (Lipinski definition) is 5. The number of rotatable bonds is 2. The van der Waals surface area contributed by atoms with Gasteiger partial charge in [-0.05, 0) is 40.0 Å². The quantitative estimate of drug-likeness (QED) is 0.823. The van der Waals surface area contributed by atoms with Gasteiger partial charge in [0.05, 0.1) is 6.54 Å². The molecule has 2 amide bonds. The van der Waals surface area contributed by atoms with Gasteiger partial charge in [0, 0.05) is 43.5 Å². The van der Waals surface area contributed by atoms with Crippen molar-refractivity contribution in [3.63, 3.8) is 0 Å². The van der Waals surface area contributed by atoms with E-state index >= 15 is 0 Å². The Morgan fingerprint density at radius 3 is 2.36 bits per heavy atom. The summed E-state index contributed by atoms with van der Waals surface area (Å²) in [7, 11) is 0. The molecule has 5 fully saturated rings. The van der Waals surface area contributed by atoms with Gasteiger partial charge >= 0.3 is 12.2 Å². The molecule has 1 N–H and O–H groups in total. The number of aliphatic hydroxyl groups is 1. The van der Waals surface area contributed by atoms with Gasteiger partial charge in [-0.3, -0.25) is 4.90 Å². The summed E-state index contributed by atoms with van der Waals surface area (Å²) in [6.45, 7) is 7.48. The van der Waals surface area contributed by atoms with Gasteiger partial charge in [-0.15, -0.1) is 0 Å². The van der Waals surface area contributed by atoms with Crippen molar-refractivity contribution in [2.45, 2.75) is 69.6 Å². The Labute approximate surface area is 148 Å². The molecule has 3 saturated carbocycles. The Morgan fingerprint density at radius 1 is 1.24 bits per heavy atom. The largest absolute Gasteiger partial charge is 0.444 e. The van der Waals surface area contributed by atoms with Crippen molar-refractivity contribution in [1.29, 1.82) is 0 Å². The molecule has 140 valence electrons. The number of nitrogens with zero attached hydrogens (tertiary/aromatic N) is 2. The molecule has 2 bridgehead atoms. The van der Waals surface area contributed by atoms with Crippen LogP contribution in [0.4, 0.5) is 9.59 Å². The lowest BCUT2D eigenvalue weighted by molar-refractivity contribution is -0.219. The molecule has 7 nitrogen and oxygen atoms in total. The molecule has 2 heterocycles. The monoisotopic (exact) mass is 352 g/mol. The molecule has 5 aliphatic rings. The van der Waals surface area contributed by atoms with Crippen LogP contribution in [-0.4, -0.2) is 70.1 Å². The van der Waals surface area contributed by atoms with Crippen molar-refractivity contribution in [3.8, 4) is 0 Å². The molecule has 25 heavy (non-hydrogen) atoms. The Kier molecular flexibility index (Phi) is 3.40. The molecule has 7 heteroatoms. The Balaban J connectivity index is 1.35. The summed E-state index contributed by atoms with van der Waals surface area (Å²) in [5.41, 5.74) is -0.991. The van der Waals surface area contributed by atoms with Gasteiger partial charge in [0.1, 0.15) is 11.2 Å². The Hall–Kier alpha value is -1.50. The van der Waals surface area contributed by atoms with Crippen molar-refractivity contribution >= 4 is 12.2 Å². The number of amides is 2. The minimum absolute atomic E-state index is 0.0656. The van der Waals surface area contributed by atoms with Crippen LogP contribution in [0, 0.1) is 5.41 Å². The summed E-state index contributed by atoms with van der Waals surface area (Å²) in [5, 5.41) is 9.43. The molecule has 0 aromatic carbocycles. The van der Waals surface area contributed by atoms with Crippen molar-refractivity contribution < 1.29 is 24.2 Å². The minimum atomic E-state index is -0.504. The van der Waals surface area contributed by atoms with Gasteiger partial charge in [-0.2, -0.15) is 0 Å². The van der Waals surface area contributed by atoms with E-state index in [1.54, 1.807) is 4.90 Å². The van der Waals surface area contributed by atoms with E-state index in [2.05, 4.69) is 0 Å². The van der Waals surface area contributed by atoms with E-state index in [-0.39, 0.29) is 29.7 Å². The first-order valence-electron chi connectivity index (χ1n) is 9.20. The fourth-order valence-electron chi connectivity index (χ4n) is 5.06. The van der Waals surface area contributed by atoms with Crippen LogP contribution in [0.3, 0.4) is 0 Å². The maximum atomic E-state index is 12.4. The van der Waals surface area contributed by atoms with Gasteiger partial charge in [-0.1, -0.05) is 0 Å². The van der Waals surface area contributed by atoms with Crippen molar-refractivity contribution in [2.75, 3.05) is 26.2 Å². The first-order valence-corrected chi connectivity index (χ1v) is 9.20. The zero-order valence-corrected chi connectivity index (χ0v) is 15.3. The average molecular weight is 352 g/mol. The SMILES string of the molecule is CC(C)(C)OC(=O)N1CCC2(CC1)CN(C13CC(CO)(C1)C3)C(=O)O2. The van der Waals surface area contributed by atoms with E-state index in [0.717, 1.165) is 19.3 Å². The van der Waals surface area contributed by atoms with E-state index in [0.29, 0.717) is 32.5 Å². The predicted octanol–water partition coefficient (Wildman–Crippen LogP) is 2.12. The number of carbonyl (C=O) groups is 2. The molecular formula is C18H28N2O5. The van der Waals surface area contributed by atoms with Crippen LogP contribution in [0.2, 0.25) is 0 Å². The maximum absolute atomic E-state index is 12.4. The van der Waals surface area contributed by atoms with E-state index in [1.165, 1.54) is 0 Å². The summed E-state index contributed by atoms with van der Waals surface area (Å²) >= 11 is 0. The van der Waals surface area contributed by atoms with Crippen molar-refractivity contribution in [3.05, 3.63) is 0 Å². The molecule has 1 spiro atoms. The lowest BCUT2D eigenvalue weighted by Crippen LogP contribution is -2.76. The highest BCUT2D eigenvalue weighted by atomic mass is 16.6. The summed E-state index contributed by atoms with van der Waals surface area (Å²) < 4.78 is 11.2. The second-order valence-corrected chi connectivity index (χ2v) is 9.52. The van der Waals surface area contributed by atoms with Crippen molar-refractivity contribution in [2.24, 2.45) is 5.41 Å². The number of carbonyl (C=O) groups excluding carboxylic acids is 2. The van der Waals surface area contributed by atoms with Crippen molar-refractivity contribution in [1.82, 2.24) is 9.80 Å². The third-order valence-corrected chi connectivity index (χ3v) is 6.32. The van der Waals surface area contributed by atoms with Gasteiger partial charge in [0.25, 0.3) is 0 Å². The number of likely N-dealkylation sites (tertiary alicyclic amines) is 1. The average Bonchev–Trinajstić information content (AvgIpc) is 2.72. The number of hydrogen-bond donors (Lipinski definition) is 1. The molecule has 0 atom stereocenters. The zero-order chi connectivity index (χ0) is 18.1. The van der Waals surface area contributed by atoms with Crippen LogP contribution < -0.4 is 0 Å². The molecular weight excluding hydrogens is 324 g/mol. The lowest BCUT2D eigenvalue weighted by atomic mass is 9.39. The molecule has 3 aliphatic carbocycles. The van der Waals surface area contributed by atoms with Gasteiger partial charge in [0.15, 0.2) is 0 Å². The van der Waals surface area contributed by atoms with Crippen LogP contribution in [0.25, 0.3) is 0 Å². The third-order valence-electron chi connectivity index (χ3n) is 6.32. The highest BCUT2D eigenvalue weighted by Gasteiger charge is 2.73. The fraction of sp³-hybridized carbons (Fsp3) is 0.889. The first-order chi connectivity index (χ1) is 11.6. The molecule has 2 aliphatic heterocycles. The highest BCUT2D eigenvalue weighted by Crippen LogP contribution is 2.70. The Bertz CT molecular complexity index is 583. The van der Waals surface area contributed by atoms with Crippen LogP contribution in [-0.2, 0) is 9.47 Å². The molecule has 0 aromatic heterocycles. The molecule has 0 aromatic rings. The first kappa shape index (κ1) is 16.9. The molecule has 0 radical (unpaired) electrons. The molecule has 0 unspecified atom stereocenters. The van der Waals surface area contributed by atoms with Crippen LogP contribution in [0.1, 0.15) is 52.9 Å². The van der Waals surface area contributed by atoms with E-state index in [1.807, 2.05) is 25.7 Å². The lowest BCUT2D eigenvalue weighted by Gasteiger charge is -2.72. The summed E-state index contributed by atoms with van der Waals surface area (Å²) in [6, 6.07) is 0. The normalized spacial score (nSPS) is 35.9. The van der Waals surface area contributed by atoms with Gasteiger partial charge in [0.2, 0.25) is 0 Å². The predicted molar refractivity (Wildman–Crippen MR) is 89.1 cm³/mol. The zero-order valence-electron chi connectivity index (χ0n) is 15.3. The van der Waals surface area contributed by atoms with E-state index in [4.69, 9.17) is 9.47 Å². The van der Waals surface area contributed by atoms with E-state index < -0.39 is 11.2 Å². The standard InChI is InChI=1S/C18H28N2O5/c1-15(2,3)24-13(22)19-6-4-18(5-7-19)11-20(14(23)25-18)17-8-16(9-17,10-17)12-21/h21H,4-12H2,1-3H3. The summed E-state index contributed by atoms with van der Waals surface area (Å²) in [5.74, 6) is 0. The maximum Gasteiger partial charge on any atom is 0.410 e. The third kappa shape index (κ3) is 2.58. The van der Waals surface area contributed by atoms with Crippen LogP contribution >= 0.6 is 0 Å². The van der Waals surface area contributed by atoms with Crippen LogP contribution in [0.5, 0.6) is 0 Å².